The van der Waals surface area contributed by atoms with Gasteiger partial charge in [-0.3, -0.25) is 0 Å². The first-order valence-corrected chi connectivity index (χ1v) is 5.51. The lowest BCUT2D eigenvalue weighted by atomic mass is 10.2. The van der Waals surface area contributed by atoms with E-state index < -0.39 is 19.1 Å². The van der Waals surface area contributed by atoms with Crippen LogP contribution in [0.1, 0.15) is 15.3 Å². The molecule has 1 heterocycles. The maximum atomic E-state index is 12.7. The van der Waals surface area contributed by atoms with Gasteiger partial charge in [0.2, 0.25) is 0 Å². The fraction of sp³-hybridized carbons (Fsp3) is 0.600. The Labute approximate surface area is 91.9 Å². The van der Waals surface area contributed by atoms with Crippen molar-refractivity contribution in [2.45, 2.75) is 26.3 Å². The predicted molar refractivity (Wildman–Crippen MR) is 57.5 cm³/mol. The van der Waals surface area contributed by atoms with Gasteiger partial charge in [0.25, 0.3) is 5.92 Å². The Hall–Kier alpha value is -0.520. The molecule has 1 aromatic heterocycles. The summed E-state index contributed by atoms with van der Waals surface area (Å²) in [6, 6.07) is 1.99. The first kappa shape index (κ1) is 12.5. The van der Waals surface area contributed by atoms with Gasteiger partial charge in [-0.2, -0.15) is 0 Å². The topological polar surface area (TPSA) is 32.3 Å². The molecule has 0 amide bonds. The van der Waals surface area contributed by atoms with E-state index in [0.29, 0.717) is 6.54 Å². The van der Waals surface area contributed by atoms with Crippen molar-refractivity contribution in [2.75, 3.05) is 13.2 Å². The molecule has 0 unspecified atom stereocenters. The Kier molecular flexibility index (Phi) is 4.19. The van der Waals surface area contributed by atoms with E-state index in [2.05, 4.69) is 5.32 Å². The van der Waals surface area contributed by atoms with Crippen LogP contribution in [0, 0.1) is 13.8 Å². The van der Waals surface area contributed by atoms with Crippen LogP contribution >= 0.6 is 11.3 Å². The van der Waals surface area contributed by atoms with E-state index >= 15 is 0 Å². The molecule has 0 saturated heterocycles. The summed E-state index contributed by atoms with van der Waals surface area (Å²) in [7, 11) is 0. The molecule has 0 radical (unpaired) electrons. The van der Waals surface area contributed by atoms with E-state index in [1.165, 1.54) is 4.88 Å². The highest BCUT2D eigenvalue weighted by molar-refractivity contribution is 7.12. The average Bonchev–Trinajstić information content (AvgIpc) is 2.45. The molecule has 2 nitrogen and oxygen atoms in total. The summed E-state index contributed by atoms with van der Waals surface area (Å²) in [5.74, 6) is -3.03. The van der Waals surface area contributed by atoms with Gasteiger partial charge in [-0.15, -0.1) is 11.3 Å². The summed E-state index contributed by atoms with van der Waals surface area (Å²) in [6.07, 6.45) is 0. The summed E-state index contributed by atoms with van der Waals surface area (Å²) in [4.78, 5) is 2.32. The second kappa shape index (κ2) is 5.01. The molecule has 1 aromatic rings. The van der Waals surface area contributed by atoms with Crippen LogP contribution in [0.5, 0.6) is 0 Å². The zero-order valence-corrected chi connectivity index (χ0v) is 9.63. The van der Waals surface area contributed by atoms with Crippen molar-refractivity contribution < 1.29 is 13.9 Å². The van der Waals surface area contributed by atoms with Crippen LogP contribution in [-0.4, -0.2) is 24.2 Å². The predicted octanol–water partition coefficient (Wildman–Crippen LogP) is 2.08. The molecule has 0 aliphatic rings. The van der Waals surface area contributed by atoms with Crippen molar-refractivity contribution >= 4 is 11.3 Å². The molecule has 0 saturated carbocycles. The second-order valence-electron chi connectivity index (χ2n) is 3.56. The van der Waals surface area contributed by atoms with Crippen LogP contribution in [0.15, 0.2) is 6.07 Å². The molecule has 1 rings (SSSR count). The molecule has 0 fully saturated rings. The minimum absolute atomic E-state index is 0.422. The van der Waals surface area contributed by atoms with Crippen LogP contribution in [0.25, 0.3) is 0 Å². The molecule has 2 N–H and O–H groups in total. The fourth-order valence-corrected chi connectivity index (χ4v) is 2.24. The molecule has 0 aromatic carbocycles. The molecular formula is C10H15F2NOS. The third-order valence-corrected chi connectivity index (χ3v) is 3.08. The summed E-state index contributed by atoms with van der Waals surface area (Å²) >= 11 is 1.66. The molecule has 86 valence electrons. The van der Waals surface area contributed by atoms with Gasteiger partial charge in [0.05, 0.1) is 6.54 Å². The van der Waals surface area contributed by atoms with Gasteiger partial charge in [-0.05, 0) is 25.5 Å². The van der Waals surface area contributed by atoms with Gasteiger partial charge in [0.15, 0.2) is 0 Å². The lowest BCUT2D eigenvalue weighted by Gasteiger charge is -2.13. The Balaban J connectivity index is 2.41. The minimum atomic E-state index is -3.03. The first-order valence-electron chi connectivity index (χ1n) is 4.70. The maximum absolute atomic E-state index is 12.7. The van der Waals surface area contributed by atoms with Gasteiger partial charge in [0, 0.05) is 16.3 Å². The number of alkyl halides is 2. The van der Waals surface area contributed by atoms with E-state index in [-0.39, 0.29) is 0 Å². The van der Waals surface area contributed by atoms with Crippen LogP contribution in [-0.2, 0) is 6.54 Å². The number of halogens is 2. The van der Waals surface area contributed by atoms with Crippen molar-refractivity contribution in [3.05, 3.63) is 21.4 Å². The zero-order chi connectivity index (χ0) is 11.5. The van der Waals surface area contributed by atoms with Gasteiger partial charge in [0.1, 0.15) is 6.61 Å². The number of aliphatic hydroxyl groups excluding tert-OH is 1. The summed E-state index contributed by atoms with van der Waals surface area (Å²) < 4.78 is 25.3. The minimum Gasteiger partial charge on any atom is -0.390 e. The number of aryl methyl sites for hydroxylation is 2. The quantitative estimate of drug-likeness (QED) is 0.819. The Morgan fingerprint density at radius 1 is 1.47 bits per heavy atom. The van der Waals surface area contributed by atoms with E-state index in [4.69, 9.17) is 5.11 Å². The zero-order valence-electron chi connectivity index (χ0n) is 8.81. The van der Waals surface area contributed by atoms with Crippen LogP contribution in [0.3, 0.4) is 0 Å². The van der Waals surface area contributed by atoms with Crippen molar-refractivity contribution in [1.82, 2.24) is 5.32 Å². The van der Waals surface area contributed by atoms with Crippen LogP contribution in [0.4, 0.5) is 8.78 Å². The molecule has 15 heavy (non-hydrogen) atoms. The van der Waals surface area contributed by atoms with Gasteiger partial charge >= 0.3 is 0 Å². The maximum Gasteiger partial charge on any atom is 0.282 e. The summed E-state index contributed by atoms with van der Waals surface area (Å²) in [5.41, 5.74) is 1.05. The fourth-order valence-electron chi connectivity index (χ4n) is 1.29. The molecule has 0 aliphatic carbocycles. The number of aliphatic hydroxyl groups is 1. The standard InChI is InChI=1S/C10H15F2NOS/c1-7-3-9(8(2)15-7)4-13-5-10(11,12)6-14/h3,13-14H,4-6H2,1-2H3. The van der Waals surface area contributed by atoms with Crippen molar-refractivity contribution in [3.63, 3.8) is 0 Å². The van der Waals surface area contributed by atoms with Crippen LogP contribution in [0.2, 0.25) is 0 Å². The highest BCUT2D eigenvalue weighted by Gasteiger charge is 2.26. The van der Waals surface area contributed by atoms with Crippen LogP contribution < -0.4 is 5.32 Å². The van der Waals surface area contributed by atoms with Gasteiger partial charge < -0.3 is 10.4 Å². The number of rotatable bonds is 5. The second-order valence-corrected chi connectivity index (χ2v) is 5.02. The third-order valence-electron chi connectivity index (χ3n) is 2.07. The normalized spacial score (nSPS) is 12.1. The molecule has 5 heteroatoms. The number of hydrogen-bond acceptors (Lipinski definition) is 3. The van der Waals surface area contributed by atoms with Crippen molar-refractivity contribution in [3.8, 4) is 0 Å². The SMILES string of the molecule is Cc1cc(CNCC(F)(F)CO)c(C)s1. The van der Waals surface area contributed by atoms with Crippen molar-refractivity contribution in [2.24, 2.45) is 0 Å². The molecular weight excluding hydrogens is 220 g/mol. The smallest absolute Gasteiger partial charge is 0.282 e. The molecule has 0 spiro atoms. The summed E-state index contributed by atoms with van der Waals surface area (Å²) in [5, 5.41) is 11.0. The lowest BCUT2D eigenvalue weighted by Crippen LogP contribution is -2.35. The Bertz CT molecular complexity index is 325. The molecule has 0 atom stereocenters. The van der Waals surface area contributed by atoms with E-state index in [0.717, 1.165) is 10.4 Å². The average molecular weight is 235 g/mol. The Morgan fingerprint density at radius 3 is 2.60 bits per heavy atom. The molecule has 0 bridgehead atoms. The van der Waals surface area contributed by atoms with E-state index in [9.17, 15) is 8.78 Å². The van der Waals surface area contributed by atoms with Gasteiger partial charge in [-0.25, -0.2) is 8.78 Å². The highest BCUT2D eigenvalue weighted by Crippen LogP contribution is 2.20. The lowest BCUT2D eigenvalue weighted by molar-refractivity contribution is -0.0477. The van der Waals surface area contributed by atoms with Crippen molar-refractivity contribution in [1.29, 1.82) is 0 Å². The molecule has 0 aliphatic heterocycles. The monoisotopic (exact) mass is 235 g/mol. The Morgan fingerprint density at radius 2 is 2.13 bits per heavy atom. The summed E-state index contributed by atoms with van der Waals surface area (Å²) in [6.45, 7) is 2.79. The van der Waals surface area contributed by atoms with E-state index in [1.54, 1.807) is 11.3 Å². The third kappa shape index (κ3) is 3.85. The highest BCUT2D eigenvalue weighted by atomic mass is 32.1. The largest absolute Gasteiger partial charge is 0.390 e. The van der Waals surface area contributed by atoms with E-state index in [1.807, 2.05) is 19.9 Å². The van der Waals surface area contributed by atoms with Gasteiger partial charge in [-0.1, -0.05) is 0 Å². The first-order chi connectivity index (χ1) is 6.94. The number of thiophene rings is 1. The number of nitrogens with one attached hydrogen (secondary N) is 1. The number of hydrogen-bond donors (Lipinski definition) is 2.